The molecule has 2 aromatic heterocycles. The number of amides is 1. The van der Waals surface area contributed by atoms with Crippen molar-refractivity contribution in [3.8, 4) is 11.1 Å². The molecule has 0 atom stereocenters. The van der Waals surface area contributed by atoms with Crippen LogP contribution in [0.15, 0.2) is 24.3 Å². The Morgan fingerprint density at radius 1 is 1.19 bits per heavy atom. The molecule has 4 rings (SSSR count). The second kappa shape index (κ2) is 7.03. The molecule has 0 radical (unpaired) electrons. The van der Waals surface area contributed by atoms with Gasteiger partial charge in [-0.2, -0.15) is 5.10 Å². The zero-order valence-electron chi connectivity index (χ0n) is 15.3. The minimum absolute atomic E-state index is 0.165. The molecule has 3 aromatic rings. The number of rotatable bonds is 3. The van der Waals surface area contributed by atoms with Gasteiger partial charge >= 0.3 is 0 Å². The van der Waals surface area contributed by atoms with Gasteiger partial charge in [0.25, 0.3) is 5.91 Å². The van der Waals surface area contributed by atoms with Crippen molar-refractivity contribution in [2.45, 2.75) is 20.3 Å². The molecule has 0 bridgehead atoms. The number of nitrogens with zero attached hydrogens (tertiary/aromatic N) is 5. The van der Waals surface area contributed by atoms with Crippen LogP contribution in [0, 0.1) is 12.7 Å². The molecular weight excluding hydrogens is 349 g/mol. The van der Waals surface area contributed by atoms with Gasteiger partial charge in [0.05, 0.1) is 30.2 Å². The average Bonchev–Trinajstić information content (AvgIpc) is 3.09. The molecule has 3 heterocycles. The van der Waals surface area contributed by atoms with E-state index in [2.05, 4.69) is 15.3 Å². The third-order valence-corrected chi connectivity index (χ3v) is 4.81. The molecule has 140 valence electrons. The largest absolute Gasteiger partial charge is 0.378 e. The number of carbonyl (C=O) groups is 1. The van der Waals surface area contributed by atoms with Gasteiger partial charge in [0, 0.05) is 13.1 Å². The highest BCUT2D eigenvalue weighted by Crippen LogP contribution is 2.29. The molecule has 0 saturated carbocycles. The van der Waals surface area contributed by atoms with E-state index in [0.29, 0.717) is 49.8 Å². The van der Waals surface area contributed by atoms with Crippen LogP contribution >= 0.6 is 0 Å². The number of benzene rings is 1. The monoisotopic (exact) mass is 369 g/mol. The van der Waals surface area contributed by atoms with E-state index in [4.69, 9.17) is 4.74 Å². The maximum absolute atomic E-state index is 13.3. The van der Waals surface area contributed by atoms with Gasteiger partial charge in [-0.05, 0) is 31.0 Å². The van der Waals surface area contributed by atoms with Crippen LogP contribution in [0.25, 0.3) is 16.8 Å². The smallest absolute Gasteiger partial charge is 0.276 e. The second-order valence-electron chi connectivity index (χ2n) is 6.46. The van der Waals surface area contributed by atoms with Crippen LogP contribution in [-0.2, 0) is 11.2 Å². The van der Waals surface area contributed by atoms with Gasteiger partial charge < -0.3 is 9.64 Å². The Morgan fingerprint density at radius 2 is 1.89 bits per heavy atom. The topological polar surface area (TPSA) is 72.6 Å². The molecule has 27 heavy (non-hydrogen) atoms. The highest BCUT2D eigenvalue weighted by molar-refractivity contribution is 5.93. The fourth-order valence-electron chi connectivity index (χ4n) is 3.32. The number of ether oxygens (including phenoxy) is 1. The maximum Gasteiger partial charge on any atom is 0.276 e. The molecule has 0 spiro atoms. The van der Waals surface area contributed by atoms with Crippen LogP contribution in [0.2, 0.25) is 0 Å². The number of aryl methyl sites for hydroxylation is 2. The van der Waals surface area contributed by atoms with Gasteiger partial charge in [-0.15, -0.1) is 10.2 Å². The van der Waals surface area contributed by atoms with E-state index in [1.165, 1.54) is 12.1 Å². The highest BCUT2D eigenvalue weighted by Gasteiger charge is 2.25. The molecule has 0 N–H and O–H groups in total. The fraction of sp³-hybridized carbons (Fsp3) is 0.368. The summed E-state index contributed by atoms with van der Waals surface area (Å²) in [4.78, 5) is 14.5. The van der Waals surface area contributed by atoms with Crippen LogP contribution in [0.1, 0.15) is 28.8 Å². The Kier molecular flexibility index (Phi) is 4.57. The first-order chi connectivity index (χ1) is 13.1. The summed E-state index contributed by atoms with van der Waals surface area (Å²) in [6.45, 7) is 5.94. The lowest BCUT2D eigenvalue weighted by Gasteiger charge is -2.26. The molecule has 1 fully saturated rings. The Labute approximate surface area is 155 Å². The summed E-state index contributed by atoms with van der Waals surface area (Å²) in [5.74, 6) is -0.462. The van der Waals surface area contributed by atoms with Gasteiger partial charge in [-0.3, -0.25) is 4.79 Å². The normalized spacial score (nSPS) is 14.7. The lowest BCUT2D eigenvalue weighted by atomic mass is 10.0. The van der Waals surface area contributed by atoms with Crippen molar-refractivity contribution in [3.63, 3.8) is 0 Å². The summed E-state index contributed by atoms with van der Waals surface area (Å²) >= 11 is 0. The van der Waals surface area contributed by atoms with E-state index < -0.39 is 0 Å². The molecule has 0 unspecified atom stereocenters. The first-order valence-corrected chi connectivity index (χ1v) is 8.98. The van der Waals surface area contributed by atoms with Crippen molar-refractivity contribution >= 4 is 11.6 Å². The van der Waals surface area contributed by atoms with Gasteiger partial charge in [0.15, 0.2) is 11.3 Å². The number of carbonyl (C=O) groups excluding carboxylic acids is 1. The van der Waals surface area contributed by atoms with Crippen molar-refractivity contribution in [2.75, 3.05) is 26.3 Å². The highest BCUT2D eigenvalue weighted by atomic mass is 19.1. The average molecular weight is 369 g/mol. The molecule has 1 aliphatic rings. The van der Waals surface area contributed by atoms with Gasteiger partial charge in [-0.1, -0.05) is 19.1 Å². The SMILES string of the molecule is CCc1nn2c(C)c(C(=O)N3CCOCC3)nnc2c1-c1ccc(F)cc1. The molecule has 1 aromatic carbocycles. The zero-order chi connectivity index (χ0) is 19.0. The van der Waals surface area contributed by atoms with Crippen LogP contribution < -0.4 is 0 Å². The standard InChI is InChI=1S/C19H20FN5O2/c1-3-15-16(13-4-6-14(20)7-5-13)18-22-21-17(12(2)25(18)23-15)19(26)24-8-10-27-11-9-24/h4-7H,3,8-11H2,1-2H3. The minimum atomic E-state index is -0.297. The zero-order valence-corrected chi connectivity index (χ0v) is 15.3. The van der Waals surface area contributed by atoms with Crippen molar-refractivity contribution in [2.24, 2.45) is 0 Å². The van der Waals surface area contributed by atoms with E-state index in [9.17, 15) is 9.18 Å². The van der Waals surface area contributed by atoms with Crippen molar-refractivity contribution in [1.29, 1.82) is 0 Å². The van der Waals surface area contributed by atoms with Crippen molar-refractivity contribution in [1.82, 2.24) is 24.7 Å². The Hall–Kier alpha value is -2.87. The number of halogens is 1. The van der Waals surface area contributed by atoms with Gasteiger partial charge in [0.2, 0.25) is 0 Å². The summed E-state index contributed by atoms with van der Waals surface area (Å²) in [5, 5.41) is 13.2. The van der Waals surface area contributed by atoms with E-state index >= 15 is 0 Å². The number of hydrogen-bond donors (Lipinski definition) is 0. The number of fused-ring (bicyclic) bond motifs is 1. The predicted molar refractivity (Wildman–Crippen MR) is 97.0 cm³/mol. The third kappa shape index (κ3) is 3.06. The lowest BCUT2D eigenvalue weighted by Crippen LogP contribution is -2.41. The first-order valence-electron chi connectivity index (χ1n) is 8.98. The Morgan fingerprint density at radius 3 is 2.56 bits per heavy atom. The number of hydrogen-bond acceptors (Lipinski definition) is 5. The second-order valence-corrected chi connectivity index (χ2v) is 6.46. The summed E-state index contributed by atoms with van der Waals surface area (Å²) in [6, 6.07) is 6.23. The number of aromatic nitrogens is 4. The van der Waals surface area contributed by atoms with Crippen LogP contribution in [0.4, 0.5) is 4.39 Å². The minimum Gasteiger partial charge on any atom is -0.378 e. The van der Waals surface area contributed by atoms with Gasteiger partial charge in [0.1, 0.15) is 5.82 Å². The van der Waals surface area contributed by atoms with E-state index in [1.54, 1.807) is 21.5 Å². The fourth-order valence-corrected chi connectivity index (χ4v) is 3.32. The summed E-state index contributed by atoms with van der Waals surface area (Å²) in [6.07, 6.45) is 0.683. The first kappa shape index (κ1) is 17.5. The van der Waals surface area contributed by atoms with Crippen LogP contribution in [-0.4, -0.2) is 56.9 Å². The van der Waals surface area contributed by atoms with E-state index in [1.807, 2.05) is 13.8 Å². The molecule has 1 aliphatic heterocycles. The molecule has 8 heteroatoms. The summed E-state index contributed by atoms with van der Waals surface area (Å²) < 4.78 is 20.3. The third-order valence-electron chi connectivity index (χ3n) is 4.81. The predicted octanol–water partition coefficient (Wildman–Crippen LogP) is 2.27. The number of morpholine rings is 1. The van der Waals surface area contributed by atoms with Crippen LogP contribution in [0.5, 0.6) is 0 Å². The molecule has 1 amide bonds. The molecule has 1 saturated heterocycles. The molecular formula is C19H20FN5O2. The Bertz CT molecular complexity index is 993. The quantitative estimate of drug-likeness (QED) is 0.708. The van der Waals surface area contributed by atoms with Crippen molar-refractivity contribution < 1.29 is 13.9 Å². The van der Waals surface area contributed by atoms with Crippen LogP contribution in [0.3, 0.4) is 0 Å². The van der Waals surface area contributed by atoms with E-state index in [-0.39, 0.29) is 11.7 Å². The Balaban J connectivity index is 1.82. The van der Waals surface area contributed by atoms with E-state index in [0.717, 1.165) is 16.8 Å². The van der Waals surface area contributed by atoms with Crippen molar-refractivity contribution in [3.05, 3.63) is 47.2 Å². The molecule has 7 nitrogen and oxygen atoms in total. The van der Waals surface area contributed by atoms with Gasteiger partial charge in [-0.25, -0.2) is 8.91 Å². The summed E-state index contributed by atoms with van der Waals surface area (Å²) in [7, 11) is 0. The lowest BCUT2D eigenvalue weighted by molar-refractivity contribution is 0.0297. The maximum atomic E-state index is 13.3. The molecule has 0 aliphatic carbocycles. The summed E-state index contributed by atoms with van der Waals surface area (Å²) in [5.41, 5.74) is 3.96.